The van der Waals surface area contributed by atoms with Crippen LogP contribution in [-0.2, 0) is 4.79 Å². The number of ether oxygens (including phenoxy) is 1. The lowest BCUT2D eigenvalue weighted by Gasteiger charge is -2.09. The van der Waals surface area contributed by atoms with Gasteiger partial charge >= 0.3 is 0 Å². The summed E-state index contributed by atoms with van der Waals surface area (Å²) in [6.07, 6.45) is 0. The van der Waals surface area contributed by atoms with E-state index in [2.05, 4.69) is 10.3 Å². The molecule has 0 atom stereocenters. The van der Waals surface area contributed by atoms with Gasteiger partial charge in [-0.15, -0.1) is 0 Å². The van der Waals surface area contributed by atoms with Crippen LogP contribution in [0.4, 0.5) is 5.69 Å². The number of amides is 1. The van der Waals surface area contributed by atoms with E-state index in [1.807, 2.05) is 18.2 Å². The predicted octanol–water partition coefficient (Wildman–Crippen LogP) is 3.32. The molecule has 27 heavy (non-hydrogen) atoms. The Morgan fingerprint density at radius 3 is 2.56 bits per heavy atom. The van der Waals surface area contributed by atoms with Gasteiger partial charge in [0.2, 0.25) is 0 Å². The second kappa shape index (κ2) is 7.74. The zero-order valence-corrected chi connectivity index (χ0v) is 15.0. The highest BCUT2D eigenvalue weighted by atomic mass is 16.5. The van der Waals surface area contributed by atoms with E-state index in [0.29, 0.717) is 22.7 Å². The third kappa shape index (κ3) is 4.14. The summed E-state index contributed by atoms with van der Waals surface area (Å²) in [5.74, 6) is 0.112. The van der Waals surface area contributed by atoms with Gasteiger partial charge in [-0.1, -0.05) is 30.3 Å². The van der Waals surface area contributed by atoms with Crippen molar-refractivity contribution < 1.29 is 19.5 Å². The van der Waals surface area contributed by atoms with Crippen LogP contribution in [0.15, 0.2) is 54.6 Å². The molecule has 1 heterocycles. The highest BCUT2D eigenvalue weighted by Crippen LogP contribution is 2.25. The second-order valence-electron chi connectivity index (χ2n) is 5.97. The highest BCUT2D eigenvalue weighted by molar-refractivity contribution is 5.94. The number of hydrogen-bond acceptors (Lipinski definition) is 5. The van der Waals surface area contributed by atoms with Crippen LogP contribution in [0.1, 0.15) is 23.1 Å². The summed E-state index contributed by atoms with van der Waals surface area (Å²) < 4.78 is 6.31. The molecule has 3 aromatic rings. The molecule has 0 saturated heterocycles. The van der Waals surface area contributed by atoms with Gasteiger partial charge in [0.15, 0.2) is 18.2 Å². The zero-order chi connectivity index (χ0) is 19.4. The van der Waals surface area contributed by atoms with E-state index in [0.717, 1.165) is 4.73 Å². The Hall–Kier alpha value is -3.61. The number of benzene rings is 2. The van der Waals surface area contributed by atoms with Crippen LogP contribution in [-0.4, -0.2) is 33.2 Å². The first-order chi connectivity index (χ1) is 13.0. The average molecular weight is 365 g/mol. The third-order valence-electron chi connectivity index (χ3n) is 3.88. The van der Waals surface area contributed by atoms with Gasteiger partial charge in [0.1, 0.15) is 11.4 Å². The predicted molar refractivity (Wildman–Crippen MR) is 100 cm³/mol. The van der Waals surface area contributed by atoms with Gasteiger partial charge in [-0.3, -0.25) is 9.59 Å². The number of aryl methyl sites for hydroxylation is 1. The lowest BCUT2D eigenvalue weighted by Crippen LogP contribution is -2.20. The van der Waals surface area contributed by atoms with Crippen molar-refractivity contribution >= 4 is 17.4 Å². The minimum absolute atomic E-state index is 0.138. The standard InChI is InChI=1S/C20H19N3O4/c1-13-19(14(2)24)23(26)20(21-13)15-7-6-10-17(11-15)27-12-18(25)22-16-8-4-3-5-9-16/h3-11,26H,12H2,1-2H3,(H,22,25). The minimum Gasteiger partial charge on any atom is -0.484 e. The first kappa shape index (κ1) is 18.2. The molecule has 1 amide bonds. The number of nitrogens with zero attached hydrogens (tertiary/aromatic N) is 2. The number of imidazole rings is 1. The van der Waals surface area contributed by atoms with Crippen LogP contribution in [0.2, 0.25) is 0 Å². The van der Waals surface area contributed by atoms with E-state index in [1.165, 1.54) is 6.92 Å². The van der Waals surface area contributed by atoms with Crippen molar-refractivity contribution in [3.8, 4) is 17.1 Å². The summed E-state index contributed by atoms with van der Waals surface area (Å²) in [7, 11) is 0. The van der Waals surface area contributed by atoms with Gasteiger partial charge in [-0.05, 0) is 31.2 Å². The molecule has 138 valence electrons. The van der Waals surface area contributed by atoms with E-state index >= 15 is 0 Å². The molecule has 0 aliphatic rings. The van der Waals surface area contributed by atoms with E-state index in [1.54, 1.807) is 43.3 Å². The molecule has 2 aromatic carbocycles. The van der Waals surface area contributed by atoms with Crippen molar-refractivity contribution in [2.24, 2.45) is 0 Å². The van der Waals surface area contributed by atoms with Gasteiger partial charge in [-0.25, -0.2) is 4.98 Å². The van der Waals surface area contributed by atoms with Crippen molar-refractivity contribution in [3.05, 3.63) is 66.0 Å². The normalized spacial score (nSPS) is 10.4. The number of Topliss-reactive ketones (excluding diaryl/α,β-unsaturated/α-hetero) is 1. The fraction of sp³-hybridized carbons (Fsp3) is 0.150. The summed E-state index contributed by atoms with van der Waals surface area (Å²) in [6, 6.07) is 15.9. The number of aromatic nitrogens is 2. The molecule has 0 bridgehead atoms. The lowest BCUT2D eigenvalue weighted by atomic mass is 10.2. The number of para-hydroxylation sites is 1. The first-order valence-electron chi connectivity index (χ1n) is 8.33. The van der Waals surface area contributed by atoms with Crippen LogP contribution in [0.3, 0.4) is 0 Å². The first-order valence-corrected chi connectivity index (χ1v) is 8.33. The summed E-state index contributed by atoms with van der Waals surface area (Å²) in [4.78, 5) is 27.9. The maximum absolute atomic E-state index is 12.0. The van der Waals surface area contributed by atoms with Crippen LogP contribution in [0, 0.1) is 6.92 Å². The van der Waals surface area contributed by atoms with E-state index in [4.69, 9.17) is 4.74 Å². The lowest BCUT2D eigenvalue weighted by molar-refractivity contribution is -0.118. The number of carbonyl (C=O) groups is 2. The van der Waals surface area contributed by atoms with Crippen molar-refractivity contribution in [1.82, 2.24) is 9.71 Å². The minimum atomic E-state index is -0.287. The Bertz CT molecular complexity index is 980. The van der Waals surface area contributed by atoms with Crippen molar-refractivity contribution in [1.29, 1.82) is 0 Å². The van der Waals surface area contributed by atoms with Gasteiger partial charge in [0.25, 0.3) is 5.91 Å². The molecular weight excluding hydrogens is 346 g/mol. The highest BCUT2D eigenvalue weighted by Gasteiger charge is 2.19. The van der Waals surface area contributed by atoms with Crippen molar-refractivity contribution in [2.75, 3.05) is 11.9 Å². The average Bonchev–Trinajstić information content (AvgIpc) is 2.95. The molecule has 0 saturated carbocycles. The van der Waals surface area contributed by atoms with E-state index < -0.39 is 0 Å². The van der Waals surface area contributed by atoms with Gasteiger partial charge in [0.05, 0.1) is 5.69 Å². The molecule has 0 radical (unpaired) electrons. The molecule has 7 nitrogen and oxygen atoms in total. The largest absolute Gasteiger partial charge is 0.484 e. The molecular formula is C20H19N3O4. The summed E-state index contributed by atoms with van der Waals surface area (Å²) >= 11 is 0. The maximum Gasteiger partial charge on any atom is 0.262 e. The SMILES string of the molecule is CC(=O)c1c(C)nc(-c2cccc(OCC(=O)Nc3ccccc3)c2)n1O. The monoisotopic (exact) mass is 365 g/mol. The number of carbonyl (C=O) groups excluding carboxylic acids is 2. The van der Waals surface area contributed by atoms with Gasteiger partial charge in [-0.2, -0.15) is 4.73 Å². The Balaban J connectivity index is 1.72. The maximum atomic E-state index is 12.0. The number of anilines is 1. The van der Waals surface area contributed by atoms with Gasteiger partial charge in [0, 0.05) is 18.2 Å². The molecule has 7 heteroatoms. The summed E-state index contributed by atoms with van der Waals surface area (Å²) in [5, 5.41) is 13.0. The van der Waals surface area contributed by atoms with Crippen LogP contribution >= 0.6 is 0 Å². The van der Waals surface area contributed by atoms with Crippen molar-refractivity contribution in [2.45, 2.75) is 13.8 Å². The molecule has 0 unspecified atom stereocenters. The quantitative estimate of drug-likeness (QED) is 0.516. The topological polar surface area (TPSA) is 93.5 Å². The summed E-state index contributed by atoms with van der Waals surface area (Å²) in [5.41, 5.74) is 1.83. The molecule has 0 fully saturated rings. The number of hydrogen-bond donors (Lipinski definition) is 2. The van der Waals surface area contributed by atoms with Crippen LogP contribution in [0.5, 0.6) is 5.75 Å². The van der Waals surface area contributed by atoms with Crippen LogP contribution in [0.25, 0.3) is 11.4 Å². The third-order valence-corrected chi connectivity index (χ3v) is 3.88. The fourth-order valence-corrected chi connectivity index (χ4v) is 2.70. The molecule has 0 aliphatic carbocycles. The molecule has 3 rings (SSSR count). The van der Waals surface area contributed by atoms with Crippen molar-refractivity contribution in [3.63, 3.8) is 0 Å². The summed E-state index contributed by atoms with van der Waals surface area (Å²) in [6.45, 7) is 2.86. The second-order valence-corrected chi connectivity index (χ2v) is 5.97. The van der Waals surface area contributed by atoms with E-state index in [-0.39, 0.29) is 29.8 Å². The molecule has 2 N–H and O–H groups in total. The Labute approximate surface area is 156 Å². The zero-order valence-electron chi connectivity index (χ0n) is 15.0. The Morgan fingerprint density at radius 1 is 1.15 bits per heavy atom. The number of rotatable bonds is 6. The number of nitrogens with one attached hydrogen (secondary N) is 1. The van der Waals surface area contributed by atoms with E-state index in [9.17, 15) is 14.8 Å². The fourth-order valence-electron chi connectivity index (χ4n) is 2.70. The Morgan fingerprint density at radius 2 is 1.89 bits per heavy atom. The molecule has 1 aromatic heterocycles. The molecule has 0 spiro atoms. The molecule has 0 aliphatic heterocycles. The Kier molecular flexibility index (Phi) is 5.21. The number of ketones is 1. The van der Waals surface area contributed by atoms with Gasteiger partial charge < -0.3 is 15.3 Å². The smallest absolute Gasteiger partial charge is 0.262 e. The van der Waals surface area contributed by atoms with Crippen LogP contribution < -0.4 is 10.1 Å².